The molecule has 0 unspecified atom stereocenters. The molecule has 2 aromatic carbocycles. The van der Waals surface area contributed by atoms with Crippen molar-refractivity contribution in [1.82, 2.24) is 5.32 Å². The van der Waals surface area contributed by atoms with Gasteiger partial charge in [0, 0.05) is 5.56 Å². The highest BCUT2D eigenvalue weighted by Gasteiger charge is 2.21. The number of amides is 1. The van der Waals surface area contributed by atoms with Crippen molar-refractivity contribution in [1.29, 1.82) is 0 Å². The molecular weight excluding hydrogens is 294 g/mol. The quantitative estimate of drug-likeness (QED) is 0.859. The summed E-state index contributed by atoms with van der Waals surface area (Å²) in [5.41, 5.74) is 0.442. The van der Waals surface area contributed by atoms with Crippen molar-refractivity contribution < 1.29 is 19.4 Å². The molecule has 0 spiro atoms. The minimum absolute atomic E-state index is 0.181. The number of carboxylic acid groups (broad SMARTS) is 1. The maximum absolute atomic E-state index is 12.3. The Morgan fingerprint density at radius 2 is 1.78 bits per heavy atom. The molecule has 0 aliphatic heterocycles. The summed E-state index contributed by atoms with van der Waals surface area (Å²) in [5, 5.41) is 13.7. The largest absolute Gasteiger partial charge is 0.497 e. The van der Waals surface area contributed by atoms with Crippen LogP contribution in [0.1, 0.15) is 30.6 Å². The number of benzene rings is 2. The van der Waals surface area contributed by atoms with Gasteiger partial charge < -0.3 is 15.2 Å². The molecular formula is C18H21NO4. The number of methoxy groups -OCH3 is 1. The lowest BCUT2D eigenvalue weighted by Crippen LogP contribution is -2.41. The molecule has 0 aromatic heterocycles. The molecule has 0 heterocycles. The van der Waals surface area contributed by atoms with Gasteiger partial charge in [0.2, 0.25) is 0 Å². The molecule has 122 valence electrons. The predicted molar refractivity (Wildman–Crippen MR) is 88.8 cm³/mol. The number of rotatable bonds is 6. The van der Waals surface area contributed by atoms with Crippen LogP contribution < -0.4 is 10.1 Å². The summed E-state index contributed by atoms with van der Waals surface area (Å²) in [6, 6.07) is 9.95. The van der Waals surface area contributed by atoms with E-state index in [0.717, 1.165) is 16.5 Å². The van der Waals surface area contributed by atoms with E-state index in [9.17, 15) is 14.7 Å². The first-order chi connectivity index (χ1) is 10.9. The van der Waals surface area contributed by atoms with E-state index in [4.69, 9.17) is 4.74 Å². The zero-order valence-electron chi connectivity index (χ0n) is 13.5. The summed E-state index contributed by atoms with van der Waals surface area (Å²) in [4.78, 5) is 23.6. The molecule has 23 heavy (non-hydrogen) atoms. The lowest BCUT2D eigenvalue weighted by atomic mass is 10.0. The van der Waals surface area contributed by atoms with Crippen LogP contribution in [0.3, 0.4) is 0 Å². The van der Waals surface area contributed by atoms with Crippen LogP contribution in [0, 0.1) is 5.92 Å². The number of carbonyl (C=O) groups is 2. The highest BCUT2D eigenvalue weighted by molar-refractivity contribution is 6.00. The molecule has 0 aliphatic carbocycles. The van der Waals surface area contributed by atoms with Gasteiger partial charge in [-0.2, -0.15) is 0 Å². The van der Waals surface area contributed by atoms with E-state index in [0.29, 0.717) is 12.0 Å². The Morgan fingerprint density at radius 1 is 1.13 bits per heavy atom. The fourth-order valence-corrected chi connectivity index (χ4v) is 2.43. The van der Waals surface area contributed by atoms with Gasteiger partial charge in [-0.25, -0.2) is 4.79 Å². The molecule has 2 rings (SSSR count). The van der Waals surface area contributed by atoms with Gasteiger partial charge in [-0.1, -0.05) is 26.0 Å². The molecule has 5 nitrogen and oxygen atoms in total. The highest BCUT2D eigenvalue weighted by atomic mass is 16.5. The molecule has 1 amide bonds. The third-order valence-electron chi connectivity index (χ3n) is 3.62. The Bertz CT molecular complexity index is 724. The second-order valence-electron chi connectivity index (χ2n) is 5.92. The molecule has 0 bridgehead atoms. The highest BCUT2D eigenvalue weighted by Crippen LogP contribution is 2.22. The zero-order chi connectivity index (χ0) is 17.0. The Kier molecular flexibility index (Phi) is 5.21. The Hall–Kier alpha value is -2.56. The third kappa shape index (κ3) is 4.22. The maximum Gasteiger partial charge on any atom is 0.326 e. The molecule has 0 fully saturated rings. The van der Waals surface area contributed by atoms with Gasteiger partial charge in [-0.05, 0) is 47.4 Å². The fraction of sp³-hybridized carbons (Fsp3) is 0.333. The summed E-state index contributed by atoms with van der Waals surface area (Å²) in [6.07, 6.45) is 0.395. The van der Waals surface area contributed by atoms with Gasteiger partial charge >= 0.3 is 5.97 Å². The van der Waals surface area contributed by atoms with Crippen molar-refractivity contribution in [3.63, 3.8) is 0 Å². The number of carboxylic acids is 1. The molecule has 5 heteroatoms. The first-order valence-electron chi connectivity index (χ1n) is 7.52. The van der Waals surface area contributed by atoms with Crippen LogP contribution in [0.5, 0.6) is 5.75 Å². The zero-order valence-corrected chi connectivity index (χ0v) is 13.5. The van der Waals surface area contributed by atoms with E-state index < -0.39 is 12.0 Å². The number of carbonyl (C=O) groups excluding carboxylic acids is 1. The molecule has 0 saturated heterocycles. The number of nitrogens with one attached hydrogen (secondary N) is 1. The van der Waals surface area contributed by atoms with Crippen molar-refractivity contribution in [2.75, 3.05) is 7.11 Å². The predicted octanol–water partition coefficient (Wildman–Crippen LogP) is 3.08. The van der Waals surface area contributed by atoms with Crippen molar-refractivity contribution >= 4 is 22.6 Å². The Labute approximate surface area is 135 Å². The molecule has 0 radical (unpaired) electrons. The van der Waals surface area contributed by atoms with Crippen LogP contribution in [0.25, 0.3) is 10.8 Å². The molecule has 0 aliphatic rings. The summed E-state index contributed by atoms with van der Waals surface area (Å²) in [6.45, 7) is 3.84. The number of fused-ring (bicyclic) bond motifs is 1. The first kappa shape index (κ1) is 16.8. The van der Waals surface area contributed by atoms with Gasteiger partial charge in [0.25, 0.3) is 5.91 Å². The average molecular weight is 315 g/mol. The molecule has 0 saturated carbocycles. The van der Waals surface area contributed by atoms with Crippen LogP contribution >= 0.6 is 0 Å². The van der Waals surface area contributed by atoms with E-state index in [1.54, 1.807) is 19.2 Å². The lowest BCUT2D eigenvalue weighted by Gasteiger charge is -2.16. The SMILES string of the molecule is COc1ccc2cc(C(=O)N[C@@H](CC(C)C)C(=O)O)ccc2c1. The summed E-state index contributed by atoms with van der Waals surface area (Å²) in [7, 11) is 1.60. The van der Waals surface area contributed by atoms with Crippen LogP contribution in [-0.4, -0.2) is 30.1 Å². The Balaban J connectivity index is 2.21. The van der Waals surface area contributed by atoms with Gasteiger partial charge in [0.1, 0.15) is 11.8 Å². The normalized spacial score (nSPS) is 12.2. The summed E-state index contributed by atoms with van der Waals surface area (Å²) < 4.78 is 5.17. The van der Waals surface area contributed by atoms with Crippen LogP contribution in [0.15, 0.2) is 36.4 Å². The average Bonchev–Trinajstić information content (AvgIpc) is 2.52. The second-order valence-corrected chi connectivity index (χ2v) is 5.92. The van der Waals surface area contributed by atoms with Crippen LogP contribution in [0.4, 0.5) is 0 Å². The lowest BCUT2D eigenvalue weighted by molar-refractivity contribution is -0.139. The third-order valence-corrected chi connectivity index (χ3v) is 3.62. The first-order valence-corrected chi connectivity index (χ1v) is 7.52. The van der Waals surface area contributed by atoms with Crippen LogP contribution in [0.2, 0.25) is 0 Å². The van der Waals surface area contributed by atoms with Crippen molar-refractivity contribution in [2.24, 2.45) is 5.92 Å². The van der Waals surface area contributed by atoms with E-state index in [1.165, 1.54) is 0 Å². The minimum atomic E-state index is -1.02. The molecule has 2 N–H and O–H groups in total. The van der Waals surface area contributed by atoms with Gasteiger partial charge in [-0.15, -0.1) is 0 Å². The van der Waals surface area contributed by atoms with Crippen molar-refractivity contribution in [3.8, 4) is 5.75 Å². The number of ether oxygens (including phenoxy) is 1. The van der Waals surface area contributed by atoms with Crippen molar-refractivity contribution in [3.05, 3.63) is 42.0 Å². The van der Waals surface area contributed by atoms with Crippen LogP contribution in [-0.2, 0) is 4.79 Å². The standard InChI is InChI=1S/C18H21NO4/c1-11(2)8-16(18(21)22)19-17(20)14-5-4-13-10-15(23-3)7-6-12(13)9-14/h4-7,9-11,16H,8H2,1-3H3,(H,19,20)(H,21,22)/t16-/m0/s1. The second kappa shape index (κ2) is 7.13. The van der Waals surface area contributed by atoms with E-state index in [2.05, 4.69) is 5.32 Å². The number of hydrogen-bond donors (Lipinski definition) is 2. The minimum Gasteiger partial charge on any atom is -0.497 e. The van der Waals surface area contributed by atoms with E-state index in [1.807, 2.05) is 38.1 Å². The monoisotopic (exact) mass is 315 g/mol. The van der Waals surface area contributed by atoms with Crippen molar-refractivity contribution in [2.45, 2.75) is 26.3 Å². The number of aliphatic carboxylic acids is 1. The van der Waals surface area contributed by atoms with E-state index in [-0.39, 0.29) is 11.8 Å². The molecule has 1 atom stereocenters. The molecule has 2 aromatic rings. The summed E-state index contributed by atoms with van der Waals surface area (Å²) in [5.74, 6) is -0.466. The fourth-order valence-electron chi connectivity index (χ4n) is 2.43. The Morgan fingerprint density at radius 3 is 2.39 bits per heavy atom. The van der Waals surface area contributed by atoms with E-state index >= 15 is 0 Å². The maximum atomic E-state index is 12.3. The smallest absolute Gasteiger partial charge is 0.326 e. The topological polar surface area (TPSA) is 75.6 Å². The van der Waals surface area contributed by atoms with Gasteiger partial charge in [0.15, 0.2) is 0 Å². The van der Waals surface area contributed by atoms with Gasteiger partial charge in [0.05, 0.1) is 7.11 Å². The summed E-state index contributed by atoms with van der Waals surface area (Å²) >= 11 is 0. The van der Waals surface area contributed by atoms with Gasteiger partial charge in [-0.3, -0.25) is 4.79 Å². The number of hydrogen-bond acceptors (Lipinski definition) is 3.